The van der Waals surface area contributed by atoms with Gasteiger partial charge in [-0.05, 0) is 38.3 Å². The summed E-state index contributed by atoms with van der Waals surface area (Å²) in [7, 11) is 0. The van der Waals surface area contributed by atoms with E-state index >= 15 is 0 Å². The minimum Gasteiger partial charge on any atom is -0.481 e. The summed E-state index contributed by atoms with van der Waals surface area (Å²) in [4.78, 5) is 13.9. The number of carbonyl (C=O) groups is 1. The minimum atomic E-state index is -0.701. The quantitative estimate of drug-likeness (QED) is 0.899. The van der Waals surface area contributed by atoms with Crippen LogP contribution in [0.2, 0.25) is 0 Å². The van der Waals surface area contributed by atoms with Gasteiger partial charge in [0.2, 0.25) is 0 Å². The zero-order valence-corrected chi connectivity index (χ0v) is 12.3. The minimum absolute atomic E-state index is 0.539. The second kappa shape index (κ2) is 6.27. The third-order valence-corrected chi connectivity index (χ3v) is 4.23. The predicted molar refractivity (Wildman–Crippen MR) is 79.2 cm³/mol. The average molecular weight is 277 g/mol. The van der Waals surface area contributed by atoms with Gasteiger partial charge in [-0.2, -0.15) is 0 Å². The lowest BCUT2D eigenvalue weighted by Crippen LogP contribution is -2.47. The average Bonchev–Trinajstić information content (AvgIpc) is 2.46. The van der Waals surface area contributed by atoms with Crippen molar-refractivity contribution in [2.75, 3.05) is 31.2 Å². The number of carboxylic acids is 1. The molecule has 0 unspecified atom stereocenters. The molecule has 1 N–H and O–H groups in total. The molecular formula is C16H23NO3. The summed E-state index contributed by atoms with van der Waals surface area (Å²) in [6.45, 7) is 6.57. The summed E-state index contributed by atoms with van der Waals surface area (Å²) in [5, 5.41) is 9.67. The zero-order chi connectivity index (χ0) is 14.6. The Hall–Kier alpha value is -1.55. The maximum Gasteiger partial charge on any atom is 0.311 e. The second-order valence-corrected chi connectivity index (χ2v) is 5.50. The summed E-state index contributed by atoms with van der Waals surface area (Å²) in [5.74, 6) is -0.701. The maximum atomic E-state index is 11.8. The van der Waals surface area contributed by atoms with Crippen LogP contribution in [0.5, 0.6) is 0 Å². The molecular weight excluding hydrogens is 254 g/mol. The van der Waals surface area contributed by atoms with Crippen molar-refractivity contribution in [3.63, 3.8) is 0 Å². The Kier molecular flexibility index (Phi) is 4.65. The maximum absolute atomic E-state index is 11.8. The Bertz CT molecular complexity index is 467. The molecule has 20 heavy (non-hydrogen) atoms. The molecule has 0 aromatic heterocycles. The van der Waals surface area contributed by atoms with Crippen LogP contribution < -0.4 is 4.90 Å². The van der Waals surface area contributed by atoms with Gasteiger partial charge in [-0.3, -0.25) is 4.79 Å². The molecule has 1 heterocycles. The number of nitrogens with zero attached hydrogens (tertiary/aromatic N) is 1. The summed E-state index contributed by atoms with van der Waals surface area (Å²) >= 11 is 0. The molecule has 1 fully saturated rings. The van der Waals surface area contributed by atoms with Crippen molar-refractivity contribution in [3.05, 3.63) is 29.8 Å². The van der Waals surface area contributed by atoms with Gasteiger partial charge in [0.05, 0.1) is 5.41 Å². The SMILES string of the molecule is CCN(CC1(C(=O)O)CCOCC1)c1ccccc1C. The number of benzene rings is 1. The predicted octanol–water partition coefficient (Wildman–Crippen LogP) is 2.70. The van der Waals surface area contributed by atoms with E-state index in [0.29, 0.717) is 32.6 Å². The molecule has 1 aromatic rings. The van der Waals surface area contributed by atoms with Crippen LogP contribution in [0, 0.1) is 12.3 Å². The monoisotopic (exact) mass is 277 g/mol. The van der Waals surface area contributed by atoms with Crippen LogP contribution in [0.1, 0.15) is 25.3 Å². The van der Waals surface area contributed by atoms with E-state index in [0.717, 1.165) is 12.2 Å². The van der Waals surface area contributed by atoms with Crippen molar-refractivity contribution >= 4 is 11.7 Å². The standard InChI is InChI=1S/C16H23NO3/c1-3-17(14-7-5-4-6-13(14)2)12-16(15(18)19)8-10-20-11-9-16/h4-7H,3,8-12H2,1-2H3,(H,18,19). The first-order valence-electron chi connectivity index (χ1n) is 7.21. The van der Waals surface area contributed by atoms with Gasteiger partial charge < -0.3 is 14.7 Å². The van der Waals surface area contributed by atoms with Crippen molar-refractivity contribution in [1.29, 1.82) is 0 Å². The largest absolute Gasteiger partial charge is 0.481 e. The molecule has 0 radical (unpaired) electrons. The number of hydrogen-bond acceptors (Lipinski definition) is 3. The number of aryl methyl sites for hydroxylation is 1. The molecule has 2 rings (SSSR count). The molecule has 1 aromatic carbocycles. The molecule has 0 spiro atoms. The Labute approximate surface area is 120 Å². The van der Waals surface area contributed by atoms with Crippen LogP contribution in [0.15, 0.2) is 24.3 Å². The van der Waals surface area contributed by atoms with Crippen LogP contribution in [-0.4, -0.2) is 37.4 Å². The first-order valence-corrected chi connectivity index (χ1v) is 7.21. The fourth-order valence-electron chi connectivity index (χ4n) is 2.85. The molecule has 1 saturated heterocycles. The van der Waals surface area contributed by atoms with Gasteiger partial charge in [-0.1, -0.05) is 18.2 Å². The number of hydrogen-bond donors (Lipinski definition) is 1. The first kappa shape index (κ1) is 14.9. The van der Waals surface area contributed by atoms with Crippen LogP contribution in [-0.2, 0) is 9.53 Å². The van der Waals surface area contributed by atoms with Crippen molar-refractivity contribution in [2.24, 2.45) is 5.41 Å². The Morgan fingerprint density at radius 1 is 1.35 bits per heavy atom. The summed E-state index contributed by atoms with van der Waals surface area (Å²) in [6, 6.07) is 8.14. The van der Waals surface area contributed by atoms with Gasteiger partial charge in [-0.25, -0.2) is 0 Å². The van der Waals surface area contributed by atoms with E-state index < -0.39 is 11.4 Å². The number of anilines is 1. The van der Waals surface area contributed by atoms with E-state index in [1.165, 1.54) is 5.56 Å². The smallest absolute Gasteiger partial charge is 0.311 e. The Morgan fingerprint density at radius 3 is 2.55 bits per heavy atom. The molecule has 110 valence electrons. The number of para-hydroxylation sites is 1. The van der Waals surface area contributed by atoms with Gasteiger partial charge in [0, 0.05) is 32.0 Å². The number of aliphatic carboxylic acids is 1. The molecule has 0 aliphatic carbocycles. The summed E-state index contributed by atoms with van der Waals surface area (Å²) in [5.41, 5.74) is 1.63. The normalized spacial score (nSPS) is 17.7. The lowest BCUT2D eigenvalue weighted by Gasteiger charge is -2.38. The Balaban J connectivity index is 2.24. The van der Waals surface area contributed by atoms with E-state index in [-0.39, 0.29) is 0 Å². The number of ether oxygens (including phenoxy) is 1. The highest BCUT2D eigenvalue weighted by atomic mass is 16.5. The molecule has 0 saturated carbocycles. The zero-order valence-electron chi connectivity index (χ0n) is 12.3. The number of rotatable bonds is 5. The van der Waals surface area contributed by atoms with Gasteiger partial charge >= 0.3 is 5.97 Å². The highest BCUT2D eigenvalue weighted by molar-refractivity contribution is 5.76. The van der Waals surface area contributed by atoms with Crippen LogP contribution in [0.25, 0.3) is 0 Å². The molecule has 4 nitrogen and oxygen atoms in total. The fourth-order valence-corrected chi connectivity index (χ4v) is 2.85. The van der Waals surface area contributed by atoms with Gasteiger partial charge in [-0.15, -0.1) is 0 Å². The fraction of sp³-hybridized carbons (Fsp3) is 0.562. The molecule has 1 aliphatic rings. The Morgan fingerprint density at radius 2 is 2.00 bits per heavy atom. The summed E-state index contributed by atoms with van der Waals surface area (Å²) in [6.07, 6.45) is 1.18. The number of carboxylic acid groups (broad SMARTS) is 1. The van der Waals surface area contributed by atoms with Crippen molar-refractivity contribution in [1.82, 2.24) is 0 Å². The molecule has 0 bridgehead atoms. The van der Waals surface area contributed by atoms with Gasteiger partial charge in [0.25, 0.3) is 0 Å². The topological polar surface area (TPSA) is 49.8 Å². The highest BCUT2D eigenvalue weighted by Crippen LogP contribution is 2.34. The second-order valence-electron chi connectivity index (χ2n) is 5.50. The van der Waals surface area contributed by atoms with E-state index in [1.807, 2.05) is 12.1 Å². The molecule has 4 heteroatoms. The van der Waals surface area contributed by atoms with Gasteiger partial charge in [0.15, 0.2) is 0 Å². The van der Waals surface area contributed by atoms with Crippen molar-refractivity contribution in [2.45, 2.75) is 26.7 Å². The lowest BCUT2D eigenvalue weighted by atomic mass is 9.79. The molecule has 0 atom stereocenters. The molecule has 1 aliphatic heterocycles. The lowest BCUT2D eigenvalue weighted by molar-refractivity contribution is -0.154. The van der Waals surface area contributed by atoms with E-state index in [9.17, 15) is 9.90 Å². The van der Waals surface area contributed by atoms with E-state index in [1.54, 1.807) is 0 Å². The van der Waals surface area contributed by atoms with Gasteiger partial charge in [0.1, 0.15) is 0 Å². The molecule has 0 amide bonds. The van der Waals surface area contributed by atoms with E-state index in [4.69, 9.17) is 4.74 Å². The third kappa shape index (κ3) is 2.96. The van der Waals surface area contributed by atoms with Crippen molar-refractivity contribution in [3.8, 4) is 0 Å². The van der Waals surface area contributed by atoms with Crippen LogP contribution >= 0.6 is 0 Å². The van der Waals surface area contributed by atoms with E-state index in [2.05, 4.69) is 30.9 Å². The third-order valence-electron chi connectivity index (χ3n) is 4.23. The first-order chi connectivity index (χ1) is 9.59. The highest BCUT2D eigenvalue weighted by Gasteiger charge is 2.41. The van der Waals surface area contributed by atoms with Crippen LogP contribution in [0.3, 0.4) is 0 Å². The van der Waals surface area contributed by atoms with Crippen LogP contribution in [0.4, 0.5) is 5.69 Å². The van der Waals surface area contributed by atoms with Crippen molar-refractivity contribution < 1.29 is 14.6 Å². The summed E-state index contributed by atoms with van der Waals surface area (Å²) < 4.78 is 5.34.